The lowest BCUT2D eigenvalue weighted by atomic mass is 10.0. The van der Waals surface area contributed by atoms with E-state index < -0.39 is 18.2 Å². The van der Waals surface area contributed by atoms with E-state index in [0.717, 1.165) is 17.3 Å². The molecule has 1 aromatic heterocycles. The maximum Gasteiger partial charge on any atom is 0.303 e. The average Bonchev–Trinajstić information content (AvgIpc) is 3.16. The summed E-state index contributed by atoms with van der Waals surface area (Å²) in [6.07, 6.45) is 10.1. The topological polar surface area (TPSA) is 87.0 Å². The van der Waals surface area contributed by atoms with Crippen molar-refractivity contribution < 1.29 is 24.9 Å². The molecule has 2 rings (SSSR count). The lowest BCUT2D eigenvalue weighted by Gasteiger charge is -2.19. The fourth-order valence-electron chi connectivity index (χ4n) is 3.26. The molecule has 0 saturated heterocycles. The Morgan fingerprint density at radius 3 is 2.93 bits per heavy atom. The van der Waals surface area contributed by atoms with Gasteiger partial charge in [0.05, 0.1) is 18.5 Å². The smallest absolute Gasteiger partial charge is 0.303 e. The predicted octanol–water partition coefficient (Wildman–Crippen LogP) is 4.59. The van der Waals surface area contributed by atoms with E-state index in [1.165, 1.54) is 9.75 Å². The molecule has 7 heteroatoms. The van der Waals surface area contributed by atoms with Crippen LogP contribution in [0.5, 0.6) is 0 Å². The van der Waals surface area contributed by atoms with Crippen molar-refractivity contribution >= 4 is 33.2 Å². The van der Waals surface area contributed by atoms with Crippen LogP contribution in [0.4, 0.5) is 0 Å². The second-order valence-electron chi connectivity index (χ2n) is 7.17. The van der Waals surface area contributed by atoms with E-state index in [1.807, 2.05) is 12.2 Å². The molecule has 5 nitrogen and oxygen atoms in total. The van der Waals surface area contributed by atoms with Crippen LogP contribution < -0.4 is 0 Å². The first kappa shape index (κ1) is 23.1. The summed E-state index contributed by atoms with van der Waals surface area (Å²) >= 11 is 5.26. The first-order valence-electron chi connectivity index (χ1n) is 9.68. The van der Waals surface area contributed by atoms with Crippen molar-refractivity contribution in [2.45, 2.75) is 70.2 Å². The van der Waals surface area contributed by atoms with Gasteiger partial charge in [0.25, 0.3) is 0 Å². The molecule has 0 aromatic carbocycles. The van der Waals surface area contributed by atoms with E-state index in [4.69, 9.17) is 9.84 Å². The second kappa shape index (κ2) is 11.8. The molecule has 0 spiro atoms. The zero-order valence-corrected chi connectivity index (χ0v) is 18.5. The quantitative estimate of drug-likeness (QED) is 0.249. The number of ether oxygens (including phenoxy) is 1. The van der Waals surface area contributed by atoms with Gasteiger partial charge in [-0.15, -0.1) is 11.3 Å². The number of hydrogen-bond donors (Lipinski definition) is 3. The number of halogens is 1. The number of unbranched alkanes of at least 4 members (excludes halogenated alkanes) is 1. The van der Waals surface area contributed by atoms with E-state index >= 15 is 0 Å². The zero-order chi connectivity index (χ0) is 20.5. The maximum atomic E-state index is 10.5. The number of carboxylic acids is 1. The monoisotopic (exact) mass is 472 g/mol. The Hall–Kier alpha value is -1.15. The van der Waals surface area contributed by atoms with Gasteiger partial charge in [0.1, 0.15) is 6.10 Å². The third kappa shape index (κ3) is 7.70. The van der Waals surface area contributed by atoms with Crippen molar-refractivity contribution in [2.75, 3.05) is 0 Å². The first-order chi connectivity index (χ1) is 13.4. The summed E-state index contributed by atoms with van der Waals surface area (Å²) < 4.78 is 6.82. The number of carbonyl (C=O) groups is 1. The van der Waals surface area contributed by atoms with Gasteiger partial charge in [0.2, 0.25) is 0 Å². The van der Waals surface area contributed by atoms with Crippen molar-refractivity contribution in [3.05, 3.63) is 44.8 Å². The fraction of sp³-hybridized carbons (Fsp3) is 0.571. The molecule has 1 aromatic rings. The van der Waals surface area contributed by atoms with Crippen LogP contribution in [0, 0.1) is 12.8 Å². The van der Waals surface area contributed by atoms with E-state index in [9.17, 15) is 15.0 Å². The van der Waals surface area contributed by atoms with Gasteiger partial charge in [-0.25, -0.2) is 0 Å². The van der Waals surface area contributed by atoms with Crippen molar-refractivity contribution in [1.82, 2.24) is 0 Å². The van der Waals surface area contributed by atoms with Crippen molar-refractivity contribution in [3.8, 4) is 0 Å². The molecule has 3 N–H and O–H groups in total. The van der Waals surface area contributed by atoms with Crippen LogP contribution in [-0.2, 0) is 16.0 Å². The SMILES string of the molecule is Cc1sc(CC[C@H](O)/C=C/[C@H]2CCC(O)[C@@H]2O/C=C\CCCC(=O)O)cc1Br. The molecular formula is C21H29BrO5S. The molecular weight excluding hydrogens is 444 g/mol. The Morgan fingerprint density at radius 2 is 2.25 bits per heavy atom. The summed E-state index contributed by atoms with van der Waals surface area (Å²) in [7, 11) is 0. The van der Waals surface area contributed by atoms with Crippen LogP contribution in [0.1, 0.15) is 48.3 Å². The van der Waals surface area contributed by atoms with Gasteiger partial charge in [-0.1, -0.05) is 12.2 Å². The van der Waals surface area contributed by atoms with E-state index in [1.54, 1.807) is 23.7 Å². The van der Waals surface area contributed by atoms with Crippen molar-refractivity contribution in [2.24, 2.45) is 5.92 Å². The van der Waals surface area contributed by atoms with Gasteiger partial charge in [0.15, 0.2) is 0 Å². The van der Waals surface area contributed by atoms with Crippen LogP contribution in [0.25, 0.3) is 0 Å². The standard InChI is InChI=1S/C21H29BrO5S/c1-14-18(22)13-17(28-14)10-9-16(23)8-6-15-7-11-19(24)21(15)27-12-4-2-3-5-20(25)26/h4,6,8,12-13,15-16,19,21,23-24H,2-3,5,7,9-11H2,1H3,(H,25,26)/b8-6+,12-4-/t15-,16+,19?,21+/m0/s1. The first-order valence-corrected chi connectivity index (χ1v) is 11.3. The number of hydrogen-bond acceptors (Lipinski definition) is 5. The third-order valence-electron chi connectivity index (χ3n) is 4.87. The summed E-state index contributed by atoms with van der Waals surface area (Å²) in [4.78, 5) is 13.0. The van der Waals surface area contributed by atoms with Gasteiger partial charge in [-0.05, 0) is 73.5 Å². The third-order valence-corrected chi connectivity index (χ3v) is 7.06. The van der Waals surface area contributed by atoms with Crippen molar-refractivity contribution in [1.29, 1.82) is 0 Å². The highest BCUT2D eigenvalue weighted by Gasteiger charge is 2.34. The van der Waals surface area contributed by atoms with E-state index in [0.29, 0.717) is 25.7 Å². The summed E-state index contributed by atoms with van der Waals surface area (Å²) in [5.41, 5.74) is 0. The number of aliphatic hydroxyl groups excluding tert-OH is 2. The molecule has 4 atom stereocenters. The van der Waals surface area contributed by atoms with Gasteiger partial charge < -0.3 is 20.1 Å². The van der Waals surface area contributed by atoms with Crippen LogP contribution in [0.15, 0.2) is 35.0 Å². The summed E-state index contributed by atoms with van der Waals surface area (Å²) in [6, 6.07) is 2.11. The van der Waals surface area contributed by atoms with Crippen LogP contribution in [0.2, 0.25) is 0 Å². The lowest BCUT2D eigenvalue weighted by molar-refractivity contribution is -0.137. The molecule has 0 aliphatic heterocycles. The molecule has 1 fully saturated rings. The molecule has 28 heavy (non-hydrogen) atoms. The normalized spacial score (nSPS) is 23.6. The minimum Gasteiger partial charge on any atom is -0.495 e. The molecule has 1 unspecified atom stereocenters. The fourth-order valence-corrected chi connectivity index (χ4v) is 4.88. The number of aryl methyl sites for hydroxylation is 2. The van der Waals surface area contributed by atoms with E-state index in [2.05, 4.69) is 28.9 Å². The predicted molar refractivity (Wildman–Crippen MR) is 114 cm³/mol. The summed E-state index contributed by atoms with van der Waals surface area (Å²) in [5, 5.41) is 29.0. The van der Waals surface area contributed by atoms with Crippen LogP contribution in [0.3, 0.4) is 0 Å². The van der Waals surface area contributed by atoms with Crippen LogP contribution in [-0.4, -0.2) is 39.6 Å². The Morgan fingerprint density at radius 1 is 1.46 bits per heavy atom. The Kier molecular flexibility index (Phi) is 9.71. The van der Waals surface area contributed by atoms with Crippen LogP contribution >= 0.6 is 27.3 Å². The number of aliphatic carboxylic acids is 1. The number of allylic oxidation sites excluding steroid dienone is 1. The number of thiophene rings is 1. The van der Waals surface area contributed by atoms with E-state index in [-0.39, 0.29) is 18.4 Å². The Labute approximate surface area is 178 Å². The highest BCUT2D eigenvalue weighted by atomic mass is 79.9. The molecule has 1 saturated carbocycles. The molecule has 156 valence electrons. The zero-order valence-electron chi connectivity index (χ0n) is 16.1. The number of aliphatic hydroxyl groups is 2. The molecule has 0 amide bonds. The largest absolute Gasteiger partial charge is 0.495 e. The number of rotatable bonds is 11. The lowest BCUT2D eigenvalue weighted by Crippen LogP contribution is -2.26. The molecule has 1 aliphatic carbocycles. The Balaban J connectivity index is 1.76. The van der Waals surface area contributed by atoms with Gasteiger partial charge in [-0.3, -0.25) is 4.79 Å². The molecule has 1 aliphatic rings. The maximum absolute atomic E-state index is 10.5. The highest BCUT2D eigenvalue weighted by Crippen LogP contribution is 2.31. The minimum absolute atomic E-state index is 0.0615. The second-order valence-corrected chi connectivity index (χ2v) is 9.37. The molecule has 0 bridgehead atoms. The van der Waals surface area contributed by atoms with Gasteiger partial charge >= 0.3 is 5.97 Å². The minimum atomic E-state index is -0.800. The summed E-state index contributed by atoms with van der Waals surface area (Å²) in [5.74, 6) is -0.738. The Bertz CT molecular complexity index is 665. The van der Waals surface area contributed by atoms with Gasteiger partial charge in [-0.2, -0.15) is 0 Å². The molecule has 1 heterocycles. The van der Waals surface area contributed by atoms with Crippen molar-refractivity contribution in [3.63, 3.8) is 0 Å². The highest BCUT2D eigenvalue weighted by molar-refractivity contribution is 9.10. The van der Waals surface area contributed by atoms with Gasteiger partial charge in [0, 0.05) is 26.6 Å². The number of carboxylic acid groups (broad SMARTS) is 1. The average molecular weight is 473 g/mol. The molecule has 0 radical (unpaired) electrons. The summed E-state index contributed by atoms with van der Waals surface area (Å²) in [6.45, 7) is 2.07.